The van der Waals surface area contributed by atoms with Gasteiger partial charge in [0.1, 0.15) is 0 Å². The number of aliphatic carboxylic acids is 1. The van der Waals surface area contributed by atoms with Crippen molar-refractivity contribution >= 4 is 29.7 Å². The zero-order chi connectivity index (χ0) is 14.4. The van der Waals surface area contributed by atoms with E-state index in [0.29, 0.717) is 0 Å². The summed E-state index contributed by atoms with van der Waals surface area (Å²) < 4.78 is 0. The van der Waals surface area contributed by atoms with E-state index in [2.05, 4.69) is 10.6 Å². The minimum absolute atomic E-state index is 0.0284. The predicted molar refractivity (Wildman–Crippen MR) is 73.0 cm³/mol. The van der Waals surface area contributed by atoms with Crippen molar-refractivity contribution in [1.82, 2.24) is 10.6 Å². The van der Waals surface area contributed by atoms with Gasteiger partial charge in [-0.15, -0.1) is 0 Å². The Balaban J connectivity index is 2.50. The highest BCUT2D eigenvalue weighted by molar-refractivity contribution is 7.99. The lowest BCUT2D eigenvalue weighted by molar-refractivity contribution is -0.133. The van der Waals surface area contributed by atoms with Crippen LogP contribution in [0.4, 0.5) is 4.79 Å². The molecule has 0 spiro atoms. The summed E-state index contributed by atoms with van der Waals surface area (Å²) in [4.78, 5) is 33.9. The summed E-state index contributed by atoms with van der Waals surface area (Å²) in [7, 11) is 0. The number of rotatable bonds is 3. The molecule has 0 aliphatic carbocycles. The number of urea groups is 1. The van der Waals surface area contributed by atoms with Crippen LogP contribution in [-0.2, 0) is 9.59 Å². The number of carboxylic acid groups (broad SMARTS) is 1. The van der Waals surface area contributed by atoms with Crippen LogP contribution >= 0.6 is 11.8 Å². The Kier molecular flexibility index (Phi) is 5.88. The largest absolute Gasteiger partial charge is 0.478 e. The number of carbonyl (C=O) groups excluding carboxylic acids is 2. The normalized spacial score (nSPS) is 20.2. The average Bonchev–Trinajstić information content (AvgIpc) is 2.37. The molecule has 0 aromatic heterocycles. The molecule has 0 aromatic carbocycles. The summed E-state index contributed by atoms with van der Waals surface area (Å²) >= 11 is 1.76. The molecule has 0 bridgehead atoms. The lowest BCUT2D eigenvalue weighted by Gasteiger charge is -2.22. The Hall–Kier alpha value is -1.50. The van der Waals surface area contributed by atoms with Crippen molar-refractivity contribution in [3.63, 3.8) is 0 Å². The van der Waals surface area contributed by atoms with Gasteiger partial charge in [0.25, 0.3) is 5.91 Å². The van der Waals surface area contributed by atoms with Gasteiger partial charge in [0.15, 0.2) is 0 Å². The Labute approximate surface area is 116 Å². The van der Waals surface area contributed by atoms with E-state index in [1.807, 2.05) is 0 Å². The molecule has 1 unspecified atom stereocenters. The molecule has 1 atom stereocenters. The lowest BCUT2D eigenvalue weighted by Crippen LogP contribution is -2.46. The molecular formula is C12H18N2O4S. The fraction of sp³-hybridized carbons (Fsp3) is 0.583. The highest BCUT2D eigenvalue weighted by Gasteiger charge is 2.19. The fourth-order valence-electron chi connectivity index (χ4n) is 1.60. The Morgan fingerprint density at radius 1 is 1.21 bits per heavy atom. The van der Waals surface area contributed by atoms with Crippen molar-refractivity contribution in [2.45, 2.75) is 32.7 Å². The van der Waals surface area contributed by atoms with E-state index in [4.69, 9.17) is 5.11 Å². The van der Waals surface area contributed by atoms with Gasteiger partial charge < -0.3 is 10.4 Å². The van der Waals surface area contributed by atoms with Crippen LogP contribution in [0.2, 0.25) is 0 Å². The van der Waals surface area contributed by atoms with Crippen LogP contribution < -0.4 is 10.6 Å². The van der Waals surface area contributed by atoms with Crippen molar-refractivity contribution < 1.29 is 19.5 Å². The van der Waals surface area contributed by atoms with Gasteiger partial charge in [0.2, 0.25) is 0 Å². The van der Waals surface area contributed by atoms with Gasteiger partial charge in [-0.2, -0.15) is 11.8 Å². The minimum atomic E-state index is -1.17. The van der Waals surface area contributed by atoms with E-state index < -0.39 is 17.9 Å². The third kappa shape index (κ3) is 4.94. The molecule has 1 rings (SSSR count). The van der Waals surface area contributed by atoms with Gasteiger partial charge in [-0.05, 0) is 32.4 Å². The first-order valence-electron chi connectivity index (χ1n) is 6.02. The molecule has 0 aromatic rings. The van der Waals surface area contributed by atoms with Crippen molar-refractivity contribution in [3.05, 3.63) is 11.1 Å². The molecular weight excluding hydrogens is 268 g/mol. The summed E-state index contributed by atoms with van der Waals surface area (Å²) in [5.41, 5.74) is -0.0424. The summed E-state index contributed by atoms with van der Waals surface area (Å²) in [5, 5.41) is 13.6. The number of hydrogen-bond donors (Lipinski definition) is 3. The Morgan fingerprint density at radius 2 is 1.89 bits per heavy atom. The number of carbonyl (C=O) groups is 3. The predicted octanol–water partition coefficient (Wildman–Crippen LogP) is 1.13. The van der Waals surface area contributed by atoms with Crippen LogP contribution in [0.15, 0.2) is 11.1 Å². The van der Waals surface area contributed by atoms with E-state index in [1.54, 1.807) is 11.8 Å². The molecule has 3 N–H and O–H groups in total. The average molecular weight is 286 g/mol. The Bertz CT molecular complexity index is 414. The zero-order valence-electron chi connectivity index (χ0n) is 11.0. The first kappa shape index (κ1) is 15.6. The van der Waals surface area contributed by atoms with Crippen LogP contribution in [0.25, 0.3) is 0 Å². The van der Waals surface area contributed by atoms with Gasteiger partial charge >= 0.3 is 12.0 Å². The maximum atomic E-state index is 11.6. The molecule has 19 heavy (non-hydrogen) atoms. The molecule has 6 nitrogen and oxygen atoms in total. The molecule has 0 radical (unpaired) electrons. The molecule has 3 amide bonds. The van der Waals surface area contributed by atoms with E-state index in [9.17, 15) is 14.4 Å². The maximum absolute atomic E-state index is 11.6. The number of hydrogen-bond acceptors (Lipinski definition) is 4. The van der Waals surface area contributed by atoms with Crippen molar-refractivity contribution in [2.75, 3.05) is 11.5 Å². The summed E-state index contributed by atoms with van der Waals surface area (Å²) in [6.07, 6.45) is 1.94. The quantitative estimate of drug-likeness (QED) is 0.676. The number of imide groups is 1. The monoisotopic (exact) mass is 286 g/mol. The van der Waals surface area contributed by atoms with Crippen molar-refractivity contribution in [3.8, 4) is 0 Å². The maximum Gasteiger partial charge on any atom is 0.331 e. The number of carboxylic acids is 1. The SMILES string of the molecule is CC(C(=O)O)=C(C)C(=O)NC(=O)NC1CCCSC1. The van der Waals surface area contributed by atoms with E-state index in [1.165, 1.54) is 13.8 Å². The third-order valence-electron chi connectivity index (χ3n) is 2.95. The standard InChI is InChI=1S/C12H18N2O4S/c1-7(8(2)11(16)17)10(15)14-12(18)13-9-4-3-5-19-6-9/h9H,3-6H2,1-2H3,(H,16,17)(H2,13,14,15,18). The fourth-order valence-corrected chi connectivity index (χ4v) is 2.68. The van der Waals surface area contributed by atoms with Crippen LogP contribution in [0.3, 0.4) is 0 Å². The molecule has 1 saturated heterocycles. The van der Waals surface area contributed by atoms with Crippen molar-refractivity contribution in [1.29, 1.82) is 0 Å². The van der Waals surface area contributed by atoms with E-state index >= 15 is 0 Å². The highest BCUT2D eigenvalue weighted by atomic mass is 32.2. The third-order valence-corrected chi connectivity index (χ3v) is 4.16. The first-order valence-corrected chi connectivity index (χ1v) is 7.17. The lowest BCUT2D eigenvalue weighted by atomic mass is 10.1. The Morgan fingerprint density at radius 3 is 2.42 bits per heavy atom. The first-order chi connectivity index (χ1) is 8.91. The van der Waals surface area contributed by atoms with Gasteiger partial charge in [0.05, 0.1) is 0 Å². The van der Waals surface area contributed by atoms with Crippen molar-refractivity contribution in [2.24, 2.45) is 0 Å². The molecule has 106 valence electrons. The topological polar surface area (TPSA) is 95.5 Å². The molecule has 1 aliphatic heterocycles. The zero-order valence-corrected chi connectivity index (χ0v) is 11.8. The minimum Gasteiger partial charge on any atom is -0.478 e. The second-order valence-corrected chi connectivity index (χ2v) is 5.55. The van der Waals surface area contributed by atoms with Crippen LogP contribution in [0.5, 0.6) is 0 Å². The molecule has 1 fully saturated rings. The van der Waals surface area contributed by atoms with Crippen LogP contribution in [-0.4, -0.2) is 40.6 Å². The van der Waals surface area contributed by atoms with Gasteiger partial charge in [-0.3, -0.25) is 10.1 Å². The molecule has 1 heterocycles. The van der Waals surface area contributed by atoms with Gasteiger partial charge in [-0.25, -0.2) is 9.59 Å². The summed E-state index contributed by atoms with van der Waals surface area (Å²) in [6.45, 7) is 2.70. The number of thioether (sulfide) groups is 1. The second kappa shape index (κ2) is 7.18. The number of amides is 3. The smallest absolute Gasteiger partial charge is 0.331 e. The molecule has 0 saturated carbocycles. The van der Waals surface area contributed by atoms with Gasteiger partial charge in [-0.1, -0.05) is 0 Å². The molecule has 1 aliphatic rings. The highest BCUT2D eigenvalue weighted by Crippen LogP contribution is 2.16. The van der Waals surface area contributed by atoms with E-state index in [-0.39, 0.29) is 17.2 Å². The van der Waals surface area contributed by atoms with E-state index in [0.717, 1.165) is 24.3 Å². The van der Waals surface area contributed by atoms with Gasteiger partial charge in [0, 0.05) is 22.9 Å². The second-order valence-electron chi connectivity index (χ2n) is 4.40. The summed E-state index contributed by atoms with van der Waals surface area (Å²) in [6, 6.07) is -0.508. The summed E-state index contributed by atoms with van der Waals surface area (Å²) in [5.74, 6) is 0.0841. The number of nitrogens with one attached hydrogen (secondary N) is 2. The van der Waals surface area contributed by atoms with Crippen LogP contribution in [0.1, 0.15) is 26.7 Å². The van der Waals surface area contributed by atoms with Crippen LogP contribution in [0, 0.1) is 0 Å². The molecule has 7 heteroatoms.